The molecule has 0 aliphatic heterocycles. The average molecular weight is 375 g/mol. The second-order valence-corrected chi connectivity index (χ2v) is 8.07. The van der Waals surface area contributed by atoms with Gasteiger partial charge in [-0.3, -0.25) is 0 Å². The zero-order chi connectivity index (χ0) is 19.0. The maximum absolute atomic E-state index is 9.46. The minimum atomic E-state index is 0.0287. The molecular weight excluding hydrogens is 354 g/mol. The van der Waals surface area contributed by atoms with Crippen LogP contribution in [-0.4, -0.2) is 11.1 Å². The van der Waals surface area contributed by atoms with Gasteiger partial charge in [0.05, 0.1) is 16.5 Å². The van der Waals surface area contributed by atoms with Crippen LogP contribution in [0.15, 0.2) is 42.6 Å². The summed E-state index contributed by atoms with van der Waals surface area (Å²) in [6.07, 6.45) is 3.96. The lowest BCUT2D eigenvalue weighted by molar-refractivity contribution is 0.242. The molecule has 1 aromatic heterocycles. The SMILES string of the molecule is CC(C)Oc1ccc(-c2ncc(-c3cccc4c3CCC4N)s2)cc1C#N. The highest BCUT2D eigenvalue weighted by atomic mass is 32.1. The molecule has 1 heterocycles. The average Bonchev–Trinajstić information content (AvgIpc) is 3.29. The van der Waals surface area contributed by atoms with Gasteiger partial charge in [-0.2, -0.15) is 5.26 Å². The van der Waals surface area contributed by atoms with Crippen LogP contribution in [0.5, 0.6) is 5.75 Å². The van der Waals surface area contributed by atoms with Crippen LogP contribution in [0.3, 0.4) is 0 Å². The molecule has 0 fully saturated rings. The van der Waals surface area contributed by atoms with Crippen LogP contribution in [0.2, 0.25) is 0 Å². The summed E-state index contributed by atoms with van der Waals surface area (Å²) in [7, 11) is 0. The van der Waals surface area contributed by atoms with E-state index in [9.17, 15) is 5.26 Å². The third-order valence-corrected chi connectivity index (χ3v) is 5.88. The Morgan fingerprint density at radius 3 is 2.93 bits per heavy atom. The molecule has 136 valence electrons. The van der Waals surface area contributed by atoms with Gasteiger partial charge in [-0.05, 0) is 61.6 Å². The maximum atomic E-state index is 9.46. The highest BCUT2D eigenvalue weighted by Gasteiger charge is 2.22. The number of hydrogen-bond acceptors (Lipinski definition) is 5. The van der Waals surface area contributed by atoms with Gasteiger partial charge in [0, 0.05) is 17.8 Å². The molecule has 1 aliphatic rings. The molecule has 1 unspecified atom stereocenters. The number of benzene rings is 2. The van der Waals surface area contributed by atoms with E-state index < -0.39 is 0 Å². The molecule has 0 saturated heterocycles. The summed E-state index contributed by atoms with van der Waals surface area (Å²) < 4.78 is 5.71. The Bertz CT molecular complexity index is 1030. The predicted octanol–water partition coefficient (Wildman–Crippen LogP) is 5.08. The molecule has 0 radical (unpaired) electrons. The van der Waals surface area contributed by atoms with Crippen LogP contribution in [0.25, 0.3) is 21.0 Å². The molecule has 0 amide bonds. The normalized spacial score (nSPS) is 15.6. The van der Waals surface area contributed by atoms with Gasteiger partial charge >= 0.3 is 0 Å². The standard InChI is InChI=1S/C22H21N3OS/c1-13(2)26-20-9-6-14(10-15(20)11-23)22-25-12-21(27-22)18-5-3-4-17-16(18)7-8-19(17)24/h3-6,9-10,12-13,19H,7-8,24H2,1-2H3. The van der Waals surface area contributed by atoms with Crippen molar-refractivity contribution in [1.82, 2.24) is 4.98 Å². The third-order valence-electron chi connectivity index (χ3n) is 4.80. The van der Waals surface area contributed by atoms with Gasteiger partial charge in [0.1, 0.15) is 16.8 Å². The van der Waals surface area contributed by atoms with Crippen LogP contribution >= 0.6 is 11.3 Å². The molecule has 1 aliphatic carbocycles. The van der Waals surface area contributed by atoms with Crippen molar-refractivity contribution in [2.24, 2.45) is 5.73 Å². The summed E-state index contributed by atoms with van der Waals surface area (Å²) in [5.74, 6) is 0.614. The number of nitrogens with zero attached hydrogens (tertiary/aromatic N) is 2. The van der Waals surface area contributed by atoms with Crippen molar-refractivity contribution in [3.05, 3.63) is 59.3 Å². The van der Waals surface area contributed by atoms with Gasteiger partial charge in [-0.15, -0.1) is 11.3 Å². The van der Waals surface area contributed by atoms with E-state index in [0.717, 1.165) is 28.3 Å². The molecule has 4 nitrogen and oxygen atoms in total. The number of fused-ring (bicyclic) bond motifs is 1. The predicted molar refractivity (Wildman–Crippen MR) is 109 cm³/mol. The van der Waals surface area contributed by atoms with E-state index in [-0.39, 0.29) is 12.1 Å². The van der Waals surface area contributed by atoms with Crippen LogP contribution in [0.4, 0.5) is 0 Å². The van der Waals surface area contributed by atoms with E-state index in [4.69, 9.17) is 10.5 Å². The van der Waals surface area contributed by atoms with E-state index in [1.165, 1.54) is 16.7 Å². The first kappa shape index (κ1) is 17.7. The van der Waals surface area contributed by atoms with Crippen molar-refractivity contribution in [2.45, 2.75) is 38.8 Å². The van der Waals surface area contributed by atoms with Crippen LogP contribution in [0.1, 0.15) is 43.0 Å². The fourth-order valence-corrected chi connectivity index (χ4v) is 4.52. The van der Waals surface area contributed by atoms with Crippen molar-refractivity contribution >= 4 is 11.3 Å². The molecule has 2 aromatic carbocycles. The largest absolute Gasteiger partial charge is 0.490 e. The fourth-order valence-electron chi connectivity index (χ4n) is 3.56. The zero-order valence-electron chi connectivity index (χ0n) is 15.4. The minimum Gasteiger partial charge on any atom is -0.490 e. The van der Waals surface area contributed by atoms with Crippen molar-refractivity contribution < 1.29 is 4.74 Å². The summed E-state index contributed by atoms with van der Waals surface area (Å²) in [5, 5.41) is 10.4. The quantitative estimate of drug-likeness (QED) is 0.690. The molecule has 4 rings (SSSR count). The maximum Gasteiger partial charge on any atom is 0.137 e. The van der Waals surface area contributed by atoms with Crippen molar-refractivity contribution in [1.29, 1.82) is 5.26 Å². The van der Waals surface area contributed by atoms with E-state index >= 15 is 0 Å². The molecule has 1 atom stereocenters. The zero-order valence-corrected chi connectivity index (χ0v) is 16.2. The number of aromatic nitrogens is 1. The Morgan fingerprint density at radius 1 is 1.30 bits per heavy atom. The van der Waals surface area contributed by atoms with Crippen LogP contribution in [0, 0.1) is 11.3 Å². The number of thiazole rings is 1. The molecule has 0 spiro atoms. The first-order chi connectivity index (χ1) is 13.1. The summed E-state index contributed by atoms with van der Waals surface area (Å²) in [4.78, 5) is 5.75. The lowest BCUT2D eigenvalue weighted by atomic mass is 10.0. The lowest BCUT2D eigenvalue weighted by Gasteiger charge is -2.11. The Morgan fingerprint density at radius 2 is 2.15 bits per heavy atom. The van der Waals surface area contributed by atoms with E-state index in [0.29, 0.717) is 11.3 Å². The van der Waals surface area contributed by atoms with Crippen molar-refractivity contribution in [3.63, 3.8) is 0 Å². The summed E-state index contributed by atoms with van der Waals surface area (Å²) >= 11 is 1.64. The fraction of sp³-hybridized carbons (Fsp3) is 0.273. The number of nitriles is 1. The molecule has 2 N–H and O–H groups in total. The molecule has 27 heavy (non-hydrogen) atoms. The van der Waals surface area contributed by atoms with Gasteiger partial charge in [0.15, 0.2) is 0 Å². The topological polar surface area (TPSA) is 71.9 Å². The first-order valence-electron chi connectivity index (χ1n) is 9.11. The van der Waals surface area contributed by atoms with E-state index in [1.54, 1.807) is 11.3 Å². The Hall–Kier alpha value is -2.68. The van der Waals surface area contributed by atoms with E-state index in [2.05, 4.69) is 29.3 Å². The third kappa shape index (κ3) is 3.34. The molecule has 0 saturated carbocycles. The molecule has 3 aromatic rings. The Balaban J connectivity index is 1.69. The van der Waals surface area contributed by atoms with Gasteiger partial charge < -0.3 is 10.5 Å². The number of hydrogen-bond donors (Lipinski definition) is 1. The second-order valence-electron chi connectivity index (χ2n) is 7.04. The molecule has 5 heteroatoms. The van der Waals surface area contributed by atoms with Crippen molar-refractivity contribution in [3.8, 4) is 32.8 Å². The highest BCUT2D eigenvalue weighted by molar-refractivity contribution is 7.18. The lowest BCUT2D eigenvalue weighted by Crippen LogP contribution is -2.06. The van der Waals surface area contributed by atoms with Gasteiger partial charge in [-0.1, -0.05) is 18.2 Å². The van der Waals surface area contributed by atoms with Gasteiger partial charge in [0.25, 0.3) is 0 Å². The monoisotopic (exact) mass is 375 g/mol. The molecule has 0 bridgehead atoms. The second kappa shape index (κ2) is 7.15. The Kier molecular flexibility index (Phi) is 4.69. The summed E-state index contributed by atoms with van der Waals surface area (Å²) in [5.41, 5.74) is 11.5. The summed E-state index contributed by atoms with van der Waals surface area (Å²) in [6.45, 7) is 3.90. The smallest absolute Gasteiger partial charge is 0.137 e. The van der Waals surface area contributed by atoms with Crippen LogP contribution < -0.4 is 10.5 Å². The van der Waals surface area contributed by atoms with E-state index in [1.807, 2.05) is 38.2 Å². The van der Waals surface area contributed by atoms with Crippen LogP contribution in [-0.2, 0) is 6.42 Å². The molecular formula is C22H21N3OS. The van der Waals surface area contributed by atoms with Crippen molar-refractivity contribution in [2.75, 3.05) is 0 Å². The van der Waals surface area contributed by atoms with Gasteiger partial charge in [-0.25, -0.2) is 4.98 Å². The number of nitrogens with two attached hydrogens (primary N) is 1. The minimum absolute atomic E-state index is 0.0287. The number of rotatable bonds is 4. The Labute approximate surface area is 163 Å². The highest BCUT2D eigenvalue weighted by Crippen LogP contribution is 2.40. The number of ether oxygens (including phenoxy) is 1. The van der Waals surface area contributed by atoms with Gasteiger partial charge in [0.2, 0.25) is 0 Å². The summed E-state index contributed by atoms with van der Waals surface area (Å²) in [6, 6.07) is 14.4. The first-order valence-corrected chi connectivity index (χ1v) is 9.93.